The molecule has 1 aromatic heterocycles. The Morgan fingerprint density at radius 3 is 2.39 bits per heavy atom. The maximum absolute atomic E-state index is 12.7. The quantitative estimate of drug-likeness (QED) is 0.736. The van der Waals surface area contributed by atoms with E-state index in [1.807, 2.05) is 70.1 Å². The number of benzene rings is 1. The number of aryl methyl sites for hydroxylation is 1. The number of hydrogen-bond donors (Lipinski definition) is 2. The summed E-state index contributed by atoms with van der Waals surface area (Å²) in [5.74, 6) is 0.718. The van der Waals surface area contributed by atoms with Crippen molar-refractivity contribution in [3.8, 4) is 0 Å². The van der Waals surface area contributed by atoms with Gasteiger partial charge in [-0.25, -0.2) is 4.98 Å². The van der Waals surface area contributed by atoms with Gasteiger partial charge in [-0.1, -0.05) is 38.1 Å². The molecule has 0 aliphatic carbocycles. The van der Waals surface area contributed by atoms with Crippen molar-refractivity contribution >= 4 is 17.6 Å². The molecule has 0 bridgehead atoms. The highest BCUT2D eigenvalue weighted by molar-refractivity contribution is 5.98. The SMILES string of the molecule is Cc1ccccc1C(=O)NC(CC(C)C)C(=O)NCc1ccc(N(C)C)nc1. The van der Waals surface area contributed by atoms with Gasteiger partial charge < -0.3 is 15.5 Å². The molecule has 2 amide bonds. The van der Waals surface area contributed by atoms with E-state index in [9.17, 15) is 9.59 Å². The molecule has 2 rings (SSSR count). The van der Waals surface area contributed by atoms with E-state index < -0.39 is 6.04 Å². The maximum atomic E-state index is 12.7. The Bertz CT molecular complexity index is 800. The molecule has 1 aromatic carbocycles. The summed E-state index contributed by atoms with van der Waals surface area (Å²) >= 11 is 0. The number of hydrogen-bond acceptors (Lipinski definition) is 4. The maximum Gasteiger partial charge on any atom is 0.252 e. The van der Waals surface area contributed by atoms with Crippen molar-refractivity contribution in [3.63, 3.8) is 0 Å². The molecule has 1 heterocycles. The lowest BCUT2D eigenvalue weighted by Crippen LogP contribution is -2.47. The second-order valence-electron chi connectivity index (χ2n) is 7.61. The molecule has 0 fully saturated rings. The van der Waals surface area contributed by atoms with Crippen LogP contribution >= 0.6 is 0 Å². The van der Waals surface area contributed by atoms with Gasteiger partial charge in [0.25, 0.3) is 5.91 Å². The number of rotatable bonds is 8. The third-order valence-electron chi connectivity index (χ3n) is 4.45. The number of anilines is 1. The number of nitrogens with one attached hydrogen (secondary N) is 2. The van der Waals surface area contributed by atoms with Gasteiger partial charge in [0, 0.05) is 32.4 Å². The average molecular weight is 383 g/mol. The lowest BCUT2D eigenvalue weighted by molar-refractivity contribution is -0.123. The van der Waals surface area contributed by atoms with Crippen molar-refractivity contribution in [2.45, 2.75) is 39.8 Å². The molecule has 2 aromatic rings. The van der Waals surface area contributed by atoms with Crippen molar-refractivity contribution in [1.82, 2.24) is 15.6 Å². The highest BCUT2D eigenvalue weighted by Gasteiger charge is 2.23. The first-order chi connectivity index (χ1) is 13.3. The lowest BCUT2D eigenvalue weighted by Gasteiger charge is -2.21. The van der Waals surface area contributed by atoms with Crippen molar-refractivity contribution in [2.75, 3.05) is 19.0 Å². The Labute approximate surface area is 167 Å². The molecule has 0 radical (unpaired) electrons. The van der Waals surface area contributed by atoms with Crippen LogP contribution in [-0.4, -0.2) is 36.9 Å². The Kier molecular flexibility index (Phi) is 7.55. The van der Waals surface area contributed by atoms with Crippen LogP contribution in [0.5, 0.6) is 0 Å². The van der Waals surface area contributed by atoms with Crippen LogP contribution in [0.4, 0.5) is 5.82 Å². The van der Waals surface area contributed by atoms with E-state index in [0.29, 0.717) is 18.5 Å². The van der Waals surface area contributed by atoms with Crippen LogP contribution in [0.2, 0.25) is 0 Å². The van der Waals surface area contributed by atoms with Crippen LogP contribution in [0.25, 0.3) is 0 Å². The Morgan fingerprint density at radius 1 is 1.11 bits per heavy atom. The first-order valence-electron chi connectivity index (χ1n) is 9.54. The molecule has 0 saturated heterocycles. The van der Waals surface area contributed by atoms with Gasteiger partial charge in [-0.2, -0.15) is 0 Å². The van der Waals surface area contributed by atoms with Crippen LogP contribution < -0.4 is 15.5 Å². The first-order valence-corrected chi connectivity index (χ1v) is 9.54. The van der Waals surface area contributed by atoms with E-state index in [1.54, 1.807) is 12.3 Å². The predicted octanol–water partition coefficient (Wildman–Crippen LogP) is 2.92. The smallest absolute Gasteiger partial charge is 0.252 e. The zero-order valence-electron chi connectivity index (χ0n) is 17.3. The fourth-order valence-corrected chi connectivity index (χ4v) is 2.86. The van der Waals surface area contributed by atoms with Gasteiger partial charge in [-0.05, 0) is 42.5 Å². The third-order valence-corrected chi connectivity index (χ3v) is 4.45. The summed E-state index contributed by atoms with van der Waals surface area (Å²) in [4.78, 5) is 31.6. The van der Waals surface area contributed by atoms with Gasteiger partial charge in [-0.3, -0.25) is 9.59 Å². The minimum absolute atomic E-state index is 0.188. The fraction of sp³-hybridized carbons (Fsp3) is 0.409. The van der Waals surface area contributed by atoms with Gasteiger partial charge >= 0.3 is 0 Å². The van der Waals surface area contributed by atoms with E-state index in [0.717, 1.165) is 16.9 Å². The standard InChI is InChI=1S/C22H30N4O2/c1-15(2)12-19(25-21(27)18-9-7-6-8-16(18)3)22(28)24-14-17-10-11-20(23-13-17)26(4)5/h6-11,13,15,19H,12,14H2,1-5H3,(H,24,28)(H,25,27). The summed E-state index contributed by atoms with van der Waals surface area (Å²) in [6.45, 7) is 6.32. The second-order valence-corrected chi connectivity index (χ2v) is 7.61. The Morgan fingerprint density at radius 2 is 1.82 bits per heavy atom. The third kappa shape index (κ3) is 6.08. The van der Waals surface area contributed by atoms with Gasteiger partial charge in [0.1, 0.15) is 11.9 Å². The number of amides is 2. The zero-order valence-corrected chi connectivity index (χ0v) is 17.3. The summed E-state index contributed by atoms with van der Waals surface area (Å²) in [6.07, 6.45) is 2.32. The highest BCUT2D eigenvalue weighted by Crippen LogP contribution is 2.11. The molecule has 1 unspecified atom stereocenters. The fourth-order valence-electron chi connectivity index (χ4n) is 2.86. The van der Waals surface area contributed by atoms with Crippen molar-refractivity contribution in [3.05, 3.63) is 59.3 Å². The Hall–Kier alpha value is -2.89. The minimum atomic E-state index is -0.582. The summed E-state index contributed by atoms with van der Waals surface area (Å²) < 4.78 is 0. The number of carbonyl (C=O) groups excluding carboxylic acids is 2. The predicted molar refractivity (Wildman–Crippen MR) is 112 cm³/mol. The summed E-state index contributed by atoms with van der Waals surface area (Å²) in [7, 11) is 3.86. The molecule has 0 aliphatic heterocycles. The van der Waals surface area contributed by atoms with Crippen molar-refractivity contribution in [1.29, 1.82) is 0 Å². The summed E-state index contributed by atoms with van der Waals surface area (Å²) in [6, 6.07) is 10.6. The zero-order chi connectivity index (χ0) is 20.7. The van der Waals surface area contributed by atoms with Crippen LogP contribution in [-0.2, 0) is 11.3 Å². The largest absolute Gasteiger partial charge is 0.363 e. The van der Waals surface area contributed by atoms with E-state index >= 15 is 0 Å². The lowest BCUT2D eigenvalue weighted by atomic mass is 10.0. The van der Waals surface area contributed by atoms with Crippen molar-refractivity contribution < 1.29 is 9.59 Å². The Balaban J connectivity index is 2.02. The highest BCUT2D eigenvalue weighted by atomic mass is 16.2. The number of nitrogens with zero attached hydrogens (tertiary/aromatic N) is 2. The summed E-state index contributed by atoms with van der Waals surface area (Å²) in [5, 5.41) is 5.81. The van der Waals surface area contributed by atoms with Gasteiger partial charge in [0.2, 0.25) is 5.91 Å². The molecule has 6 heteroatoms. The van der Waals surface area contributed by atoms with Crippen LogP contribution in [0.1, 0.15) is 41.8 Å². The molecule has 2 N–H and O–H groups in total. The topological polar surface area (TPSA) is 74.3 Å². The van der Waals surface area contributed by atoms with Gasteiger partial charge in [0.15, 0.2) is 0 Å². The normalized spacial score (nSPS) is 11.8. The minimum Gasteiger partial charge on any atom is -0.363 e. The molecular weight excluding hydrogens is 352 g/mol. The molecular formula is C22H30N4O2. The number of aromatic nitrogens is 1. The van der Waals surface area contributed by atoms with E-state index in [4.69, 9.17) is 0 Å². The monoisotopic (exact) mass is 382 g/mol. The molecule has 28 heavy (non-hydrogen) atoms. The molecule has 0 spiro atoms. The van der Waals surface area contributed by atoms with E-state index in [2.05, 4.69) is 15.6 Å². The number of pyridine rings is 1. The number of carbonyl (C=O) groups is 2. The molecule has 0 aliphatic rings. The van der Waals surface area contributed by atoms with Gasteiger partial charge in [0.05, 0.1) is 0 Å². The second kappa shape index (κ2) is 9.88. The van der Waals surface area contributed by atoms with Gasteiger partial charge in [-0.15, -0.1) is 0 Å². The average Bonchev–Trinajstić information content (AvgIpc) is 2.65. The van der Waals surface area contributed by atoms with Crippen LogP contribution in [0.15, 0.2) is 42.6 Å². The summed E-state index contributed by atoms with van der Waals surface area (Å²) in [5.41, 5.74) is 2.38. The van der Waals surface area contributed by atoms with E-state index in [-0.39, 0.29) is 17.7 Å². The molecule has 150 valence electrons. The van der Waals surface area contributed by atoms with E-state index in [1.165, 1.54) is 0 Å². The van der Waals surface area contributed by atoms with Crippen LogP contribution in [0.3, 0.4) is 0 Å². The first kappa shape index (κ1) is 21.4. The molecule has 6 nitrogen and oxygen atoms in total. The van der Waals surface area contributed by atoms with Crippen LogP contribution in [0, 0.1) is 12.8 Å². The van der Waals surface area contributed by atoms with Crippen molar-refractivity contribution in [2.24, 2.45) is 5.92 Å². The molecule has 0 saturated carbocycles. The molecule has 1 atom stereocenters.